The first-order valence-electron chi connectivity index (χ1n) is 7.65. The molecule has 1 rings (SSSR count). The first kappa shape index (κ1) is 17.5. The third-order valence-electron chi connectivity index (χ3n) is 3.84. The van der Waals surface area contributed by atoms with E-state index in [0.29, 0.717) is 5.75 Å². The van der Waals surface area contributed by atoms with Gasteiger partial charge in [0.15, 0.2) is 0 Å². The maximum atomic E-state index is 10.7. The molecular weight excluding hydrogens is 263 g/mol. The van der Waals surface area contributed by atoms with E-state index < -0.39 is 0 Å². The summed E-state index contributed by atoms with van der Waals surface area (Å²) in [6.45, 7) is 17.6. The summed E-state index contributed by atoms with van der Waals surface area (Å²) in [5.74, 6) is 0.496. The molecule has 1 aromatic carbocycles. The van der Waals surface area contributed by atoms with E-state index in [2.05, 4.69) is 67.5 Å². The van der Waals surface area contributed by atoms with Crippen LogP contribution >= 0.6 is 7.92 Å². The van der Waals surface area contributed by atoms with Crippen LogP contribution in [0.1, 0.15) is 66.5 Å². The van der Waals surface area contributed by atoms with E-state index in [1.54, 1.807) is 0 Å². The SMILES string of the molecule is CCP(CC)c1cc(C(C)(C)C)c(O)c(C(C)(C)C)c1. The summed E-state index contributed by atoms with van der Waals surface area (Å²) >= 11 is 0. The van der Waals surface area contributed by atoms with Crippen molar-refractivity contribution in [1.82, 2.24) is 0 Å². The van der Waals surface area contributed by atoms with Gasteiger partial charge in [0, 0.05) is 11.1 Å². The predicted octanol–water partition coefficient (Wildman–Crippen LogP) is 5.13. The minimum absolute atomic E-state index is 0.0252. The fourth-order valence-electron chi connectivity index (χ4n) is 2.53. The molecule has 1 nitrogen and oxygen atoms in total. The van der Waals surface area contributed by atoms with Crippen LogP contribution in [-0.4, -0.2) is 17.4 Å². The minimum Gasteiger partial charge on any atom is -0.507 e. The number of hydrogen-bond acceptors (Lipinski definition) is 1. The summed E-state index contributed by atoms with van der Waals surface area (Å²) in [6, 6.07) is 4.51. The first-order valence-corrected chi connectivity index (χ1v) is 9.36. The third kappa shape index (κ3) is 3.76. The van der Waals surface area contributed by atoms with Crippen molar-refractivity contribution in [3.63, 3.8) is 0 Å². The topological polar surface area (TPSA) is 20.2 Å². The molecule has 0 aromatic heterocycles. The molecular formula is C18H31OP. The minimum atomic E-state index is -0.102. The van der Waals surface area contributed by atoms with E-state index in [1.807, 2.05) is 0 Å². The lowest BCUT2D eigenvalue weighted by Crippen LogP contribution is -2.21. The maximum absolute atomic E-state index is 10.7. The molecule has 1 N–H and O–H groups in total. The molecule has 0 heterocycles. The summed E-state index contributed by atoms with van der Waals surface area (Å²) in [5, 5.41) is 12.2. The van der Waals surface area contributed by atoms with Crippen LogP contribution in [0.15, 0.2) is 12.1 Å². The summed E-state index contributed by atoms with van der Waals surface area (Å²) in [4.78, 5) is 0. The van der Waals surface area contributed by atoms with Crippen LogP contribution in [0, 0.1) is 0 Å². The number of phenols is 1. The van der Waals surface area contributed by atoms with Crippen molar-refractivity contribution in [2.45, 2.75) is 66.2 Å². The predicted molar refractivity (Wildman–Crippen MR) is 93.1 cm³/mol. The summed E-state index contributed by atoms with van der Waals surface area (Å²) in [5.41, 5.74) is 2.13. The summed E-state index contributed by atoms with van der Waals surface area (Å²) < 4.78 is 0. The molecule has 0 saturated carbocycles. The van der Waals surface area contributed by atoms with Crippen LogP contribution in [-0.2, 0) is 10.8 Å². The first-order chi connectivity index (χ1) is 9.02. The average molecular weight is 294 g/mol. The molecule has 0 fully saturated rings. The second-order valence-electron chi connectivity index (χ2n) is 7.56. The molecule has 0 aliphatic heterocycles. The summed E-state index contributed by atoms with van der Waals surface area (Å²) in [7, 11) is -0.102. The van der Waals surface area contributed by atoms with Gasteiger partial charge in [-0.25, -0.2) is 0 Å². The van der Waals surface area contributed by atoms with Crippen LogP contribution in [0.5, 0.6) is 5.75 Å². The van der Waals surface area contributed by atoms with Crippen molar-refractivity contribution in [1.29, 1.82) is 0 Å². The van der Waals surface area contributed by atoms with Crippen LogP contribution in [0.2, 0.25) is 0 Å². The molecule has 0 aliphatic rings. The van der Waals surface area contributed by atoms with E-state index in [9.17, 15) is 5.11 Å². The standard InChI is InChI=1S/C18H31OP/c1-9-20(10-2)13-11-14(17(3,4)5)16(19)15(12-13)18(6,7)8/h11-12,19H,9-10H2,1-8H3. The van der Waals surface area contributed by atoms with E-state index in [0.717, 1.165) is 11.1 Å². The molecule has 114 valence electrons. The lowest BCUT2D eigenvalue weighted by molar-refractivity contribution is 0.424. The third-order valence-corrected chi connectivity index (χ3v) is 6.35. The van der Waals surface area contributed by atoms with Gasteiger partial charge in [-0.1, -0.05) is 63.3 Å². The Morgan fingerprint density at radius 1 is 0.850 bits per heavy atom. The van der Waals surface area contributed by atoms with E-state index >= 15 is 0 Å². The Labute approximate surface area is 126 Å². The van der Waals surface area contributed by atoms with Gasteiger partial charge in [0.25, 0.3) is 0 Å². The van der Waals surface area contributed by atoms with Crippen molar-refractivity contribution in [3.8, 4) is 5.75 Å². The molecule has 0 amide bonds. The Bertz CT molecular complexity index is 424. The van der Waals surface area contributed by atoms with Crippen molar-refractivity contribution in [2.75, 3.05) is 12.3 Å². The second kappa shape index (κ2) is 6.06. The molecule has 20 heavy (non-hydrogen) atoms. The maximum Gasteiger partial charge on any atom is 0.123 e. The van der Waals surface area contributed by atoms with Crippen LogP contribution in [0.4, 0.5) is 0 Å². The van der Waals surface area contributed by atoms with Gasteiger partial charge in [-0.05, 0) is 40.6 Å². The number of aromatic hydroxyl groups is 1. The zero-order valence-corrected chi connectivity index (χ0v) is 15.4. The number of benzene rings is 1. The smallest absolute Gasteiger partial charge is 0.123 e. The van der Waals surface area contributed by atoms with Gasteiger partial charge in [-0.2, -0.15) is 0 Å². The number of rotatable bonds is 3. The average Bonchev–Trinajstić information content (AvgIpc) is 2.29. The Morgan fingerprint density at radius 3 is 1.45 bits per heavy atom. The zero-order chi connectivity index (χ0) is 15.7. The van der Waals surface area contributed by atoms with Crippen LogP contribution in [0.25, 0.3) is 0 Å². The van der Waals surface area contributed by atoms with Crippen molar-refractivity contribution < 1.29 is 5.11 Å². The zero-order valence-electron chi connectivity index (χ0n) is 14.5. The second-order valence-corrected chi connectivity index (χ2v) is 10.4. The normalized spacial score (nSPS) is 13.1. The van der Waals surface area contributed by atoms with Gasteiger partial charge in [0.05, 0.1) is 0 Å². The lowest BCUT2D eigenvalue weighted by Gasteiger charge is -2.29. The summed E-state index contributed by atoms with van der Waals surface area (Å²) in [6.07, 6.45) is 2.42. The molecule has 1 aromatic rings. The molecule has 2 heteroatoms. The van der Waals surface area contributed by atoms with E-state index in [4.69, 9.17) is 0 Å². The van der Waals surface area contributed by atoms with Crippen molar-refractivity contribution >= 4 is 13.2 Å². The molecule has 0 aliphatic carbocycles. The van der Waals surface area contributed by atoms with Gasteiger partial charge in [0.1, 0.15) is 5.75 Å². The fraction of sp³-hybridized carbons (Fsp3) is 0.667. The number of hydrogen-bond donors (Lipinski definition) is 1. The van der Waals surface area contributed by atoms with Gasteiger partial charge in [0.2, 0.25) is 0 Å². The quantitative estimate of drug-likeness (QED) is 0.766. The van der Waals surface area contributed by atoms with Crippen molar-refractivity contribution in [2.24, 2.45) is 0 Å². The fourth-order valence-corrected chi connectivity index (χ4v) is 4.33. The van der Waals surface area contributed by atoms with Crippen LogP contribution in [0.3, 0.4) is 0 Å². The van der Waals surface area contributed by atoms with Gasteiger partial charge >= 0.3 is 0 Å². The Kier molecular flexibility index (Phi) is 5.30. The van der Waals surface area contributed by atoms with Gasteiger partial charge < -0.3 is 5.11 Å². The molecule has 0 saturated heterocycles. The lowest BCUT2D eigenvalue weighted by atomic mass is 9.79. The van der Waals surface area contributed by atoms with E-state index in [1.165, 1.54) is 17.6 Å². The van der Waals surface area contributed by atoms with Gasteiger partial charge in [-0.15, -0.1) is 0 Å². The number of phenolic OH excluding ortho intramolecular Hbond substituents is 1. The highest BCUT2D eigenvalue weighted by Crippen LogP contribution is 2.42. The Hall–Kier alpha value is -0.550. The molecule has 0 radical (unpaired) electrons. The molecule has 0 spiro atoms. The van der Waals surface area contributed by atoms with Crippen LogP contribution < -0.4 is 5.30 Å². The molecule has 0 atom stereocenters. The molecule has 0 unspecified atom stereocenters. The highest BCUT2D eigenvalue weighted by atomic mass is 31.1. The van der Waals surface area contributed by atoms with E-state index in [-0.39, 0.29) is 18.8 Å². The van der Waals surface area contributed by atoms with Crippen molar-refractivity contribution in [3.05, 3.63) is 23.3 Å². The highest BCUT2D eigenvalue weighted by Gasteiger charge is 2.27. The Morgan fingerprint density at radius 2 is 1.20 bits per heavy atom. The highest BCUT2D eigenvalue weighted by molar-refractivity contribution is 7.65. The van der Waals surface area contributed by atoms with Gasteiger partial charge in [-0.3, -0.25) is 0 Å². The molecule has 0 bridgehead atoms. The largest absolute Gasteiger partial charge is 0.507 e. The monoisotopic (exact) mass is 294 g/mol. The Balaban J connectivity index is 3.58.